The number of phenols is 2. The molecule has 3 saturated heterocycles. The van der Waals surface area contributed by atoms with Crippen LogP contribution in [0.3, 0.4) is 0 Å². The Labute approximate surface area is 706 Å². The maximum Gasteiger partial charge on any atom is 0.246 e. The number of aromatic hydroxyl groups is 2. The fourth-order valence-electron chi connectivity index (χ4n) is 16.5. The standard InChI is InChI=1S/C96H96N12O14/c1-61(109)97-81(57-85(113)105-95(67-31-15-5-16-32-67,68-33-17-6-18-34-68)69-35-19-7-20-36-69)91(119)103-79(51-63-27-11-3-12-28-63)89(117)101-77(53-65-43-47-75(111)48-44-65)87(115)99-73-55-83-93(121)108-60-74(56-84(108)94(122)107(83)59-73)100-88(116)78(54-66-45-49-76(112)50-46-66)102-90(118)80(52-64-29-13-4-14-30-64)104-92(120)82(98-62(2)110)58-86(114)106-96(70-37-21-8-22-38-70,71-39-23-9-24-40-71)72-41-25-10-26-42-72/h3-50,73-74,77-84,111-112H,51-60H2,1-2H3,(H,97,109)(H,98,110)(H,99,115)(H,100,116)(H,101,117)(H,102,118)(H,103,119)(H,104,120)(H,105,113)(H,106,114)/t73-,74-,77+,78+,79-,80-,81-,82-,83-,84-/m0/s1. The van der Waals surface area contributed by atoms with E-state index in [1.807, 2.05) is 182 Å². The highest BCUT2D eigenvalue weighted by Crippen LogP contribution is 2.40. The lowest BCUT2D eigenvalue weighted by Gasteiger charge is -2.38. The number of nitrogens with zero attached hydrogens (tertiary/aromatic N) is 2. The lowest BCUT2D eigenvalue weighted by molar-refractivity contribution is -0.156. The maximum atomic E-state index is 15.1. The van der Waals surface area contributed by atoms with Gasteiger partial charge in [-0.3, -0.25) is 57.5 Å². The van der Waals surface area contributed by atoms with Crippen LogP contribution in [-0.4, -0.2) is 164 Å². The number of nitrogens with one attached hydrogen (secondary N) is 10. The van der Waals surface area contributed by atoms with Gasteiger partial charge in [-0.1, -0.05) is 267 Å². The van der Waals surface area contributed by atoms with E-state index in [0.717, 1.165) is 0 Å². The largest absolute Gasteiger partial charge is 0.508 e. The van der Waals surface area contributed by atoms with Crippen LogP contribution in [0.5, 0.6) is 11.5 Å². The van der Waals surface area contributed by atoms with E-state index in [0.29, 0.717) is 55.6 Å². The van der Waals surface area contributed by atoms with Crippen LogP contribution in [0.25, 0.3) is 0 Å². The molecule has 122 heavy (non-hydrogen) atoms. The molecule has 3 aliphatic rings. The van der Waals surface area contributed by atoms with Crippen molar-refractivity contribution >= 4 is 70.9 Å². The minimum Gasteiger partial charge on any atom is -0.508 e. The summed E-state index contributed by atoms with van der Waals surface area (Å²) in [7, 11) is 0. The minimum absolute atomic E-state index is 0.0535. The number of amides is 12. The lowest BCUT2D eigenvalue weighted by atomic mass is 9.77. The molecule has 624 valence electrons. The third-order valence-electron chi connectivity index (χ3n) is 22.3. The second kappa shape index (κ2) is 39.3. The summed E-state index contributed by atoms with van der Waals surface area (Å²) in [6, 6.07) is 72.7. The molecule has 3 fully saturated rings. The Morgan fingerprint density at radius 2 is 0.541 bits per heavy atom. The zero-order valence-corrected chi connectivity index (χ0v) is 67.2. The van der Waals surface area contributed by atoms with Gasteiger partial charge in [0, 0.05) is 64.7 Å². The van der Waals surface area contributed by atoms with Crippen molar-refractivity contribution < 1.29 is 67.7 Å². The Bertz CT molecular complexity index is 4810. The summed E-state index contributed by atoms with van der Waals surface area (Å²) >= 11 is 0. The SMILES string of the molecule is CC(=O)N[C@@H](CC(=O)NC(c1ccccc1)(c1ccccc1)c1ccccc1)C(=O)N[C@@H](Cc1ccccc1)C(=O)N[C@H](Cc1ccc(O)cc1)C(=O)N[C@H]1C[C@H]2C(=O)N3C[C@@H](NC(=O)[C@@H](Cc4ccc(O)cc4)NC(=O)[C@H](Cc4ccccc4)NC(=O)[C@H](CC(=O)NC(c4ccccc4)(c4ccccc4)c4ccccc4)NC(C)=O)C[C@H]3C(=O)N2C1. The molecule has 0 bridgehead atoms. The molecule has 0 aromatic heterocycles. The zero-order valence-electron chi connectivity index (χ0n) is 67.2. The number of phenolic OH excluding ortho intramolecular Hbond substituents is 2. The van der Waals surface area contributed by atoms with Crippen molar-refractivity contribution in [3.8, 4) is 11.5 Å². The van der Waals surface area contributed by atoms with Crippen LogP contribution in [0.1, 0.15) is 95.2 Å². The highest BCUT2D eigenvalue weighted by molar-refractivity contribution is 6.01. The monoisotopic (exact) mass is 1640 g/mol. The first-order valence-corrected chi connectivity index (χ1v) is 40.6. The number of fused-ring (bicyclic) bond motifs is 2. The topological polar surface area (TPSA) is 372 Å². The van der Waals surface area contributed by atoms with Gasteiger partial charge in [0.2, 0.25) is 70.9 Å². The van der Waals surface area contributed by atoms with Gasteiger partial charge in [0.05, 0.1) is 12.8 Å². The first-order valence-electron chi connectivity index (χ1n) is 40.6. The third kappa shape index (κ3) is 20.7. The average molecular weight is 1640 g/mol. The highest BCUT2D eigenvalue weighted by atomic mass is 16.3. The third-order valence-corrected chi connectivity index (χ3v) is 22.3. The van der Waals surface area contributed by atoms with Crippen molar-refractivity contribution in [2.24, 2.45) is 0 Å². The van der Waals surface area contributed by atoms with Gasteiger partial charge in [0.1, 0.15) is 70.9 Å². The fourth-order valence-corrected chi connectivity index (χ4v) is 16.5. The smallest absolute Gasteiger partial charge is 0.246 e. The quantitative estimate of drug-likeness (QED) is 0.0192. The predicted octanol–water partition coefficient (Wildman–Crippen LogP) is 6.50. The summed E-state index contributed by atoms with van der Waals surface area (Å²) in [5, 5.41) is 49.5. The number of piperazine rings is 1. The van der Waals surface area contributed by atoms with E-state index in [1.165, 1.54) is 47.9 Å². The molecule has 10 aromatic carbocycles. The van der Waals surface area contributed by atoms with Crippen molar-refractivity contribution in [1.29, 1.82) is 0 Å². The highest BCUT2D eigenvalue weighted by Gasteiger charge is 2.55. The molecule has 12 amide bonds. The second-order valence-corrected chi connectivity index (χ2v) is 31.0. The van der Waals surface area contributed by atoms with Gasteiger partial charge in [0.15, 0.2) is 0 Å². The van der Waals surface area contributed by atoms with E-state index in [4.69, 9.17) is 0 Å². The molecule has 12 N–H and O–H groups in total. The van der Waals surface area contributed by atoms with Crippen LogP contribution in [-0.2, 0) is 94.3 Å². The zero-order chi connectivity index (χ0) is 85.9. The number of hydrogen-bond donors (Lipinski definition) is 12. The van der Waals surface area contributed by atoms with Crippen LogP contribution in [0, 0.1) is 0 Å². The Balaban J connectivity index is 0.687. The first-order chi connectivity index (χ1) is 59.0. The van der Waals surface area contributed by atoms with Crippen molar-refractivity contribution in [1.82, 2.24) is 63.0 Å². The molecule has 3 heterocycles. The average Bonchev–Trinajstić information content (AvgIpc) is 1.31. The molecule has 0 unspecified atom stereocenters. The van der Waals surface area contributed by atoms with Gasteiger partial charge < -0.3 is 73.2 Å². The van der Waals surface area contributed by atoms with E-state index in [2.05, 4.69) is 53.2 Å². The van der Waals surface area contributed by atoms with Crippen molar-refractivity contribution in [2.75, 3.05) is 13.1 Å². The predicted molar refractivity (Wildman–Crippen MR) is 455 cm³/mol. The molecule has 10 atom stereocenters. The molecular weight excluding hydrogens is 1550 g/mol. The summed E-state index contributed by atoms with van der Waals surface area (Å²) < 4.78 is 0. The molecule has 10 aromatic rings. The molecular formula is C96H96N12O14. The summed E-state index contributed by atoms with van der Waals surface area (Å²) in [5.74, 6) is -8.47. The van der Waals surface area contributed by atoms with Gasteiger partial charge in [-0.15, -0.1) is 0 Å². The summed E-state index contributed by atoms with van der Waals surface area (Å²) in [6.45, 7) is 2.13. The van der Waals surface area contributed by atoms with Gasteiger partial charge in [-0.05, 0) is 92.7 Å². The molecule has 0 saturated carbocycles. The normalized spacial score (nSPS) is 16.9. The Morgan fingerprint density at radius 1 is 0.311 bits per heavy atom. The van der Waals surface area contributed by atoms with Gasteiger partial charge in [0.25, 0.3) is 0 Å². The first kappa shape index (κ1) is 85.3. The Hall–Kier alpha value is -14.6. The van der Waals surface area contributed by atoms with E-state index in [1.54, 1.807) is 84.9 Å². The van der Waals surface area contributed by atoms with Gasteiger partial charge >= 0.3 is 0 Å². The summed E-state index contributed by atoms with van der Waals surface area (Å²) in [4.78, 5) is 178. The molecule has 26 nitrogen and oxygen atoms in total. The molecule has 13 rings (SSSR count). The molecule has 0 spiro atoms. The minimum atomic E-state index is -1.53. The van der Waals surface area contributed by atoms with Crippen molar-refractivity contribution in [3.63, 3.8) is 0 Å². The molecule has 0 aliphatic carbocycles. The van der Waals surface area contributed by atoms with Crippen molar-refractivity contribution in [2.45, 2.75) is 137 Å². The number of hydrogen-bond acceptors (Lipinski definition) is 14. The van der Waals surface area contributed by atoms with Crippen LogP contribution in [0.4, 0.5) is 0 Å². The van der Waals surface area contributed by atoms with E-state index in [-0.39, 0.29) is 63.1 Å². The number of benzene rings is 10. The van der Waals surface area contributed by atoms with Crippen LogP contribution < -0.4 is 53.2 Å². The molecule has 3 aliphatic heterocycles. The molecule has 0 radical (unpaired) electrons. The van der Waals surface area contributed by atoms with E-state index < -0.39 is 155 Å². The van der Waals surface area contributed by atoms with Crippen LogP contribution in [0.2, 0.25) is 0 Å². The number of rotatable bonds is 34. The number of carbonyl (C=O) groups is 12. The van der Waals surface area contributed by atoms with Crippen LogP contribution in [0.15, 0.2) is 291 Å². The van der Waals surface area contributed by atoms with E-state index in [9.17, 15) is 58.2 Å². The van der Waals surface area contributed by atoms with Gasteiger partial charge in [-0.25, -0.2) is 0 Å². The van der Waals surface area contributed by atoms with Crippen molar-refractivity contribution in [3.05, 3.63) is 347 Å². The Kier molecular flexibility index (Phi) is 27.5. The lowest BCUT2D eigenvalue weighted by Crippen LogP contribution is -2.60. The summed E-state index contributed by atoms with van der Waals surface area (Å²) in [5.41, 5.74) is 3.87. The second-order valence-electron chi connectivity index (χ2n) is 31.0. The molecule has 26 heteroatoms. The van der Waals surface area contributed by atoms with Crippen LogP contribution >= 0.6 is 0 Å². The fraction of sp³-hybridized carbons (Fsp3) is 0.250. The van der Waals surface area contributed by atoms with E-state index >= 15 is 9.59 Å². The van der Waals surface area contributed by atoms with Gasteiger partial charge in [-0.2, -0.15) is 0 Å². The number of carbonyl (C=O) groups excluding carboxylic acids is 12. The maximum absolute atomic E-state index is 15.1. The Morgan fingerprint density at radius 3 is 0.795 bits per heavy atom. The summed E-state index contributed by atoms with van der Waals surface area (Å²) in [6.07, 6.45) is -1.83.